The van der Waals surface area contributed by atoms with Crippen LogP contribution in [0.1, 0.15) is 25.0 Å². The first-order valence-electron chi connectivity index (χ1n) is 7.77. The van der Waals surface area contributed by atoms with E-state index < -0.39 is 5.97 Å². The second-order valence-corrected chi connectivity index (χ2v) is 8.45. The molecule has 0 fully saturated rings. The Morgan fingerprint density at radius 2 is 1.69 bits per heavy atom. The van der Waals surface area contributed by atoms with Crippen LogP contribution in [0, 0.1) is 0 Å². The van der Waals surface area contributed by atoms with Gasteiger partial charge in [0.05, 0.1) is 15.0 Å². The van der Waals surface area contributed by atoms with Crippen molar-refractivity contribution < 1.29 is 14.3 Å². The first-order chi connectivity index (χ1) is 12.3. The Labute approximate surface area is 176 Å². The van der Waals surface area contributed by atoms with Crippen LogP contribution in [0.5, 0.6) is 5.75 Å². The molecule has 0 aliphatic carbocycles. The lowest BCUT2D eigenvalue weighted by Crippen LogP contribution is -2.06. The van der Waals surface area contributed by atoms with Crippen LogP contribution >= 0.6 is 47.8 Å². The number of aliphatic imine (C=N–C) groups is 1. The van der Waals surface area contributed by atoms with Crippen LogP contribution in [0.25, 0.3) is 6.08 Å². The van der Waals surface area contributed by atoms with Gasteiger partial charge in [0.1, 0.15) is 5.75 Å². The Balaban J connectivity index is 1.92. The number of esters is 1. The fraction of sp³-hybridized carbons (Fsp3) is 0.158. The minimum Gasteiger partial charge on any atom is -0.489 e. The standard InChI is InChI=1S/C19H14Br3NO3/c1-10(2)25-17-14(21)7-11(8-15(17)22)9-16-19(24)26-18(23-16)12-3-5-13(20)6-4-12/h3-10H,1-2H3/b16-9-. The summed E-state index contributed by atoms with van der Waals surface area (Å²) >= 11 is 10.4. The highest BCUT2D eigenvalue weighted by Crippen LogP contribution is 2.36. The van der Waals surface area contributed by atoms with Crippen molar-refractivity contribution in [3.8, 4) is 5.75 Å². The van der Waals surface area contributed by atoms with E-state index in [0.29, 0.717) is 5.90 Å². The Hall–Kier alpha value is -1.44. The normalized spacial score (nSPS) is 15.4. The molecule has 4 nitrogen and oxygen atoms in total. The minimum absolute atomic E-state index is 0.0506. The largest absolute Gasteiger partial charge is 0.489 e. The summed E-state index contributed by atoms with van der Waals surface area (Å²) in [6.45, 7) is 3.92. The van der Waals surface area contributed by atoms with E-state index >= 15 is 0 Å². The maximum absolute atomic E-state index is 12.1. The van der Waals surface area contributed by atoms with E-state index in [1.807, 2.05) is 50.2 Å². The predicted octanol–water partition coefficient (Wildman–Crippen LogP) is 6.11. The molecule has 0 spiro atoms. The lowest BCUT2D eigenvalue weighted by molar-refractivity contribution is -0.129. The molecular formula is C19H14Br3NO3. The smallest absolute Gasteiger partial charge is 0.363 e. The van der Waals surface area contributed by atoms with Crippen molar-refractivity contribution in [2.45, 2.75) is 20.0 Å². The summed E-state index contributed by atoms with van der Waals surface area (Å²) in [5, 5.41) is 0. The summed E-state index contributed by atoms with van der Waals surface area (Å²) in [6, 6.07) is 11.2. The third-order valence-electron chi connectivity index (χ3n) is 3.39. The number of cyclic esters (lactones) is 1. The summed E-state index contributed by atoms with van der Waals surface area (Å²) in [7, 11) is 0. The van der Waals surface area contributed by atoms with Gasteiger partial charge in [0.25, 0.3) is 0 Å². The molecule has 0 bridgehead atoms. The van der Waals surface area contributed by atoms with Crippen molar-refractivity contribution in [2.24, 2.45) is 4.99 Å². The van der Waals surface area contributed by atoms with Gasteiger partial charge in [-0.3, -0.25) is 0 Å². The molecule has 134 valence electrons. The summed E-state index contributed by atoms with van der Waals surface area (Å²) in [5.74, 6) is 0.541. The lowest BCUT2D eigenvalue weighted by atomic mass is 10.2. The van der Waals surface area contributed by atoms with Crippen molar-refractivity contribution in [1.29, 1.82) is 0 Å². The monoisotopic (exact) mass is 541 g/mol. The van der Waals surface area contributed by atoms with Gasteiger partial charge in [0.2, 0.25) is 5.90 Å². The number of ether oxygens (including phenoxy) is 2. The summed E-state index contributed by atoms with van der Waals surface area (Å²) in [4.78, 5) is 16.5. The van der Waals surface area contributed by atoms with Crippen molar-refractivity contribution in [2.75, 3.05) is 0 Å². The van der Waals surface area contributed by atoms with E-state index in [1.165, 1.54) is 0 Å². The number of halogens is 3. The highest BCUT2D eigenvalue weighted by atomic mass is 79.9. The maximum atomic E-state index is 12.1. The highest BCUT2D eigenvalue weighted by Gasteiger charge is 2.24. The molecule has 0 saturated carbocycles. The number of hydrogen-bond acceptors (Lipinski definition) is 4. The fourth-order valence-corrected chi connectivity index (χ4v) is 3.97. The van der Waals surface area contributed by atoms with Crippen molar-refractivity contribution in [1.82, 2.24) is 0 Å². The molecule has 0 atom stereocenters. The van der Waals surface area contributed by atoms with E-state index in [1.54, 1.807) is 6.08 Å². The Morgan fingerprint density at radius 1 is 1.08 bits per heavy atom. The third kappa shape index (κ3) is 4.45. The van der Waals surface area contributed by atoms with Gasteiger partial charge in [-0.2, -0.15) is 0 Å². The predicted molar refractivity (Wildman–Crippen MR) is 112 cm³/mol. The van der Waals surface area contributed by atoms with E-state index in [4.69, 9.17) is 9.47 Å². The van der Waals surface area contributed by atoms with Crippen LogP contribution in [-0.4, -0.2) is 18.0 Å². The number of benzene rings is 2. The average Bonchev–Trinajstić information content (AvgIpc) is 2.92. The topological polar surface area (TPSA) is 47.9 Å². The van der Waals surface area contributed by atoms with Gasteiger partial charge in [-0.15, -0.1) is 0 Å². The van der Waals surface area contributed by atoms with Crippen LogP contribution in [0.2, 0.25) is 0 Å². The van der Waals surface area contributed by atoms with Gasteiger partial charge >= 0.3 is 5.97 Å². The van der Waals surface area contributed by atoms with Crippen LogP contribution in [0.3, 0.4) is 0 Å². The maximum Gasteiger partial charge on any atom is 0.363 e. The number of rotatable bonds is 4. The molecule has 1 aliphatic heterocycles. The molecule has 0 amide bonds. The molecule has 7 heteroatoms. The van der Waals surface area contributed by atoms with Gasteiger partial charge < -0.3 is 9.47 Å². The Kier molecular flexibility index (Phi) is 5.99. The Bertz CT molecular complexity index is 895. The number of carbonyl (C=O) groups excluding carboxylic acids is 1. The molecule has 1 aliphatic rings. The molecule has 0 unspecified atom stereocenters. The number of nitrogens with zero attached hydrogens (tertiary/aromatic N) is 1. The number of carbonyl (C=O) groups is 1. The summed E-state index contributed by atoms with van der Waals surface area (Å²) < 4.78 is 13.6. The highest BCUT2D eigenvalue weighted by molar-refractivity contribution is 9.11. The molecule has 0 saturated heterocycles. The molecule has 2 aromatic carbocycles. The first kappa shape index (κ1) is 19.3. The van der Waals surface area contributed by atoms with Crippen molar-refractivity contribution >= 4 is 65.7 Å². The fourth-order valence-electron chi connectivity index (χ4n) is 2.29. The first-order valence-corrected chi connectivity index (χ1v) is 10.2. The van der Waals surface area contributed by atoms with Gasteiger partial charge in [0, 0.05) is 10.0 Å². The SMILES string of the molecule is CC(C)Oc1c(Br)cc(/C=C2\N=C(c3ccc(Br)cc3)OC2=O)cc1Br. The molecule has 3 rings (SSSR count). The van der Waals surface area contributed by atoms with E-state index in [2.05, 4.69) is 52.8 Å². The van der Waals surface area contributed by atoms with Crippen LogP contribution in [0.4, 0.5) is 0 Å². The van der Waals surface area contributed by atoms with Gasteiger partial charge in [0.15, 0.2) is 5.70 Å². The summed E-state index contributed by atoms with van der Waals surface area (Å²) in [6.07, 6.45) is 1.73. The molecule has 2 aromatic rings. The summed E-state index contributed by atoms with van der Waals surface area (Å²) in [5.41, 5.74) is 1.79. The zero-order valence-electron chi connectivity index (χ0n) is 13.9. The molecule has 1 heterocycles. The molecule has 0 N–H and O–H groups in total. The van der Waals surface area contributed by atoms with Crippen LogP contribution in [0.15, 0.2) is 60.5 Å². The average molecular weight is 544 g/mol. The van der Waals surface area contributed by atoms with E-state index in [9.17, 15) is 4.79 Å². The second-order valence-electron chi connectivity index (χ2n) is 5.82. The molecule has 0 radical (unpaired) electrons. The molecule has 0 aromatic heterocycles. The third-order valence-corrected chi connectivity index (χ3v) is 5.10. The van der Waals surface area contributed by atoms with Crippen molar-refractivity contribution in [3.63, 3.8) is 0 Å². The Morgan fingerprint density at radius 3 is 2.27 bits per heavy atom. The molecular weight excluding hydrogens is 530 g/mol. The van der Waals surface area contributed by atoms with E-state index in [-0.39, 0.29) is 11.8 Å². The minimum atomic E-state index is -0.474. The zero-order valence-corrected chi connectivity index (χ0v) is 18.7. The quantitative estimate of drug-likeness (QED) is 0.345. The van der Waals surface area contributed by atoms with Gasteiger partial charge in [-0.25, -0.2) is 9.79 Å². The lowest BCUT2D eigenvalue weighted by Gasteiger charge is -2.14. The zero-order chi connectivity index (χ0) is 18.8. The van der Waals surface area contributed by atoms with Crippen LogP contribution < -0.4 is 4.74 Å². The second kappa shape index (κ2) is 8.06. The van der Waals surface area contributed by atoms with Gasteiger partial charge in [-0.05, 0) is 93.7 Å². The van der Waals surface area contributed by atoms with Crippen molar-refractivity contribution in [3.05, 3.63) is 66.6 Å². The van der Waals surface area contributed by atoms with Crippen LogP contribution in [-0.2, 0) is 9.53 Å². The van der Waals surface area contributed by atoms with Gasteiger partial charge in [-0.1, -0.05) is 15.9 Å². The number of hydrogen-bond donors (Lipinski definition) is 0. The molecule has 26 heavy (non-hydrogen) atoms. The van der Waals surface area contributed by atoms with E-state index in [0.717, 1.165) is 30.3 Å².